The maximum atomic E-state index is 11.5. The van der Waals surface area contributed by atoms with Gasteiger partial charge in [0.1, 0.15) is 0 Å². The van der Waals surface area contributed by atoms with Crippen LogP contribution in [0.5, 0.6) is 0 Å². The van der Waals surface area contributed by atoms with Crippen LogP contribution in [-0.4, -0.2) is 54.2 Å². The number of morpholine rings is 1. The molecule has 0 unspecified atom stereocenters. The number of anilines is 1. The van der Waals surface area contributed by atoms with Gasteiger partial charge in [0, 0.05) is 31.3 Å². The first kappa shape index (κ1) is 15.7. The van der Waals surface area contributed by atoms with Gasteiger partial charge >= 0.3 is 0 Å². The number of hydrogen-bond donors (Lipinski definition) is 0. The third-order valence-corrected chi connectivity index (χ3v) is 5.73. The van der Waals surface area contributed by atoms with Crippen LogP contribution in [0.3, 0.4) is 0 Å². The Hall–Kier alpha value is -1.77. The summed E-state index contributed by atoms with van der Waals surface area (Å²) in [5.74, 6) is 0. The number of nitro benzene ring substituents is 1. The molecule has 8 heteroatoms. The third kappa shape index (κ3) is 3.09. The summed E-state index contributed by atoms with van der Waals surface area (Å²) in [6, 6.07) is 3.61. The van der Waals surface area contributed by atoms with Crippen LogP contribution >= 0.6 is 11.3 Å². The molecule has 2 aliphatic heterocycles. The Balaban J connectivity index is 1.68. The van der Waals surface area contributed by atoms with Crippen molar-refractivity contribution in [1.82, 2.24) is 9.88 Å². The maximum Gasteiger partial charge on any atom is 0.275 e. The average molecular weight is 348 g/mol. The fraction of sp³-hybridized carbons (Fsp3) is 0.562. The number of nitrogens with zero attached hydrogens (tertiary/aromatic N) is 4. The lowest BCUT2D eigenvalue weighted by Gasteiger charge is -2.25. The molecule has 2 aliphatic rings. The molecule has 0 radical (unpaired) electrons. The fourth-order valence-corrected chi connectivity index (χ4v) is 4.39. The SMILES string of the molecule is O=[N+]([O-])c1cc2sc(N3CCOCC3)nc2cc1CN1CCCC1. The van der Waals surface area contributed by atoms with Gasteiger partial charge in [-0.05, 0) is 32.0 Å². The molecule has 4 rings (SSSR count). The number of rotatable bonds is 4. The minimum atomic E-state index is -0.265. The standard InChI is InChI=1S/C16H20N4O3S/c21-20(22)14-10-15-13(9-12(14)11-18-3-1-2-4-18)17-16(24-15)19-5-7-23-8-6-19/h9-10H,1-8,11H2. The van der Waals surface area contributed by atoms with Crippen molar-refractivity contribution < 1.29 is 9.66 Å². The Morgan fingerprint density at radius 3 is 2.67 bits per heavy atom. The van der Waals surface area contributed by atoms with Gasteiger partial charge in [-0.15, -0.1) is 0 Å². The van der Waals surface area contributed by atoms with E-state index in [-0.39, 0.29) is 10.6 Å². The molecule has 3 heterocycles. The van der Waals surface area contributed by atoms with Crippen LogP contribution in [0.2, 0.25) is 0 Å². The van der Waals surface area contributed by atoms with E-state index in [1.54, 1.807) is 6.07 Å². The zero-order valence-corrected chi connectivity index (χ0v) is 14.3. The largest absolute Gasteiger partial charge is 0.378 e. The van der Waals surface area contributed by atoms with Crippen molar-refractivity contribution in [2.45, 2.75) is 19.4 Å². The summed E-state index contributed by atoms with van der Waals surface area (Å²) in [5.41, 5.74) is 1.85. The minimum absolute atomic E-state index is 0.214. The normalized spacial score (nSPS) is 19.2. The van der Waals surface area contributed by atoms with E-state index in [2.05, 4.69) is 9.80 Å². The molecule has 0 N–H and O–H groups in total. The molecule has 0 bridgehead atoms. The predicted octanol–water partition coefficient (Wildman–Crippen LogP) is 2.64. The summed E-state index contributed by atoms with van der Waals surface area (Å²) in [5, 5.41) is 12.4. The van der Waals surface area contributed by atoms with Crippen molar-refractivity contribution in [3.8, 4) is 0 Å². The molecular weight excluding hydrogens is 328 g/mol. The van der Waals surface area contributed by atoms with Crippen molar-refractivity contribution in [2.75, 3.05) is 44.3 Å². The summed E-state index contributed by atoms with van der Waals surface area (Å²) < 4.78 is 6.26. The quantitative estimate of drug-likeness (QED) is 0.625. The number of fused-ring (bicyclic) bond motifs is 1. The van der Waals surface area contributed by atoms with Crippen LogP contribution in [-0.2, 0) is 11.3 Å². The van der Waals surface area contributed by atoms with Gasteiger partial charge in [0.15, 0.2) is 5.13 Å². The zero-order valence-electron chi connectivity index (χ0n) is 13.4. The van der Waals surface area contributed by atoms with Crippen LogP contribution in [0.4, 0.5) is 10.8 Å². The lowest BCUT2D eigenvalue weighted by Crippen LogP contribution is -2.36. The Kier molecular flexibility index (Phi) is 4.34. The average Bonchev–Trinajstić information content (AvgIpc) is 3.24. The molecule has 2 aromatic rings. The molecule has 0 amide bonds. The third-order valence-electron chi connectivity index (χ3n) is 4.65. The summed E-state index contributed by atoms with van der Waals surface area (Å²) in [7, 11) is 0. The van der Waals surface area contributed by atoms with Gasteiger partial charge in [0.25, 0.3) is 5.69 Å². The van der Waals surface area contributed by atoms with E-state index in [9.17, 15) is 10.1 Å². The monoisotopic (exact) mass is 348 g/mol. The van der Waals surface area contributed by atoms with Crippen molar-refractivity contribution >= 4 is 32.4 Å². The number of nitro groups is 1. The summed E-state index contributed by atoms with van der Waals surface area (Å²) in [6.45, 7) is 5.73. The highest BCUT2D eigenvalue weighted by Gasteiger charge is 2.22. The summed E-state index contributed by atoms with van der Waals surface area (Å²) in [6.07, 6.45) is 2.35. The zero-order chi connectivity index (χ0) is 16.5. The Morgan fingerprint density at radius 2 is 1.96 bits per heavy atom. The second-order valence-electron chi connectivity index (χ2n) is 6.28. The molecule has 2 fully saturated rings. The molecule has 2 saturated heterocycles. The topological polar surface area (TPSA) is 71.7 Å². The first-order valence-electron chi connectivity index (χ1n) is 8.33. The predicted molar refractivity (Wildman–Crippen MR) is 93.8 cm³/mol. The van der Waals surface area contributed by atoms with E-state index < -0.39 is 0 Å². The van der Waals surface area contributed by atoms with Gasteiger partial charge in [-0.2, -0.15) is 0 Å². The highest BCUT2D eigenvalue weighted by molar-refractivity contribution is 7.22. The molecule has 0 spiro atoms. The van der Waals surface area contributed by atoms with Crippen LogP contribution in [0, 0.1) is 10.1 Å². The van der Waals surface area contributed by atoms with Gasteiger partial charge in [-0.1, -0.05) is 11.3 Å². The number of benzene rings is 1. The maximum absolute atomic E-state index is 11.5. The van der Waals surface area contributed by atoms with Crippen molar-refractivity contribution in [3.05, 3.63) is 27.8 Å². The van der Waals surface area contributed by atoms with E-state index in [0.29, 0.717) is 19.8 Å². The second-order valence-corrected chi connectivity index (χ2v) is 7.29. The Bertz CT molecular complexity index is 751. The molecule has 1 aromatic carbocycles. The first-order valence-corrected chi connectivity index (χ1v) is 9.15. The highest BCUT2D eigenvalue weighted by Crippen LogP contribution is 2.34. The van der Waals surface area contributed by atoms with E-state index in [0.717, 1.165) is 47.1 Å². The smallest absolute Gasteiger partial charge is 0.275 e. The highest BCUT2D eigenvalue weighted by atomic mass is 32.1. The molecule has 0 saturated carbocycles. The minimum Gasteiger partial charge on any atom is -0.378 e. The van der Waals surface area contributed by atoms with Gasteiger partial charge in [-0.25, -0.2) is 4.98 Å². The number of aromatic nitrogens is 1. The molecule has 0 aliphatic carbocycles. The number of thiazole rings is 1. The van der Waals surface area contributed by atoms with E-state index in [4.69, 9.17) is 9.72 Å². The molecule has 128 valence electrons. The van der Waals surface area contributed by atoms with E-state index in [1.807, 2.05) is 6.07 Å². The number of hydrogen-bond acceptors (Lipinski definition) is 7. The molecule has 0 atom stereocenters. The van der Waals surface area contributed by atoms with Crippen LogP contribution in [0.15, 0.2) is 12.1 Å². The van der Waals surface area contributed by atoms with Gasteiger partial charge in [-0.3, -0.25) is 15.0 Å². The van der Waals surface area contributed by atoms with Crippen molar-refractivity contribution in [1.29, 1.82) is 0 Å². The van der Waals surface area contributed by atoms with E-state index >= 15 is 0 Å². The second kappa shape index (κ2) is 6.62. The van der Waals surface area contributed by atoms with Crippen molar-refractivity contribution in [2.24, 2.45) is 0 Å². The number of likely N-dealkylation sites (tertiary alicyclic amines) is 1. The summed E-state index contributed by atoms with van der Waals surface area (Å²) in [4.78, 5) is 20.4. The fourth-order valence-electron chi connectivity index (χ4n) is 3.36. The Labute approximate surface area is 144 Å². The lowest BCUT2D eigenvalue weighted by molar-refractivity contribution is -0.385. The lowest BCUT2D eigenvalue weighted by atomic mass is 10.1. The van der Waals surface area contributed by atoms with Gasteiger partial charge < -0.3 is 9.64 Å². The molecule has 7 nitrogen and oxygen atoms in total. The molecule has 24 heavy (non-hydrogen) atoms. The number of ether oxygens (including phenoxy) is 1. The molecule has 1 aromatic heterocycles. The van der Waals surface area contributed by atoms with Crippen LogP contribution < -0.4 is 4.90 Å². The Morgan fingerprint density at radius 1 is 1.21 bits per heavy atom. The van der Waals surface area contributed by atoms with Gasteiger partial charge in [0.2, 0.25) is 0 Å². The van der Waals surface area contributed by atoms with E-state index in [1.165, 1.54) is 24.2 Å². The van der Waals surface area contributed by atoms with Crippen molar-refractivity contribution in [3.63, 3.8) is 0 Å². The first-order chi connectivity index (χ1) is 11.7. The van der Waals surface area contributed by atoms with Crippen LogP contribution in [0.25, 0.3) is 10.2 Å². The van der Waals surface area contributed by atoms with Gasteiger partial charge in [0.05, 0.1) is 28.4 Å². The summed E-state index contributed by atoms with van der Waals surface area (Å²) >= 11 is 1.53. The van der Waals surface area contributed by atoms with Crippen LogP contribution in [0.1, 0.15) is 18.4 Å². The molecular formula is C16H20N4O3S.